The van der Waals surface area contributed by atoms with Gasteiger partial charge in [-0.1, -0.05) is 36.4 Å². The molecule has 0 bridgehead atoms. The molecule has 0 spiro atoms. The van der Waals surface area contributed by atoms with E-state index >= 15 is 0 Å². The van der Waals surface area contributed by atoms with Crippen molar-refractivity contribution in [3.8, 4) is 17.3 Å². The highest BCUT2D eigenvalue weighted by atomic mass is 19.4. The molecule has 0 unspecified atom stereocenters. The van der Waals surface area contributed by atoms with Gasteiger partial charge in [-0.25, -0.2) is 4.98 Å². The summed E-state index contributed by atoms with van der Waals surface area (Å²) in [6, 6.07) is 18.2. The molecule has 2 aromatic heterocycles. The van der Waals surface area contributed by atoms with Gasteiger partial charge >= 0.3 is 6.36 Å². The number of ether oxygens (including phenoxy) is 1. The number of benzene rings is 3. The summed E-state index contributed by atoms with van der Waals surface area (Å²) < 4.78 is 41.8. The quantitative estimate of drug-likeness (QED) is 0.353. The Morgan fingerprint density at radius 2 is 1.79 bits per heavy atom. The average Bonchev–Trinajstić information content (AvgIpc) is 3.40. The van der Waals surface area contributed by atoms with Crippen molar-refractivity contribution in [2.24, 2.45) is 0 Å². The zero-order valence-electron chi connectivity index (χ0n) is 16.9. The zero-order valence-corrected chi connectivity index (χ0v) is 16.9. The highest BCUT2D eigenvalue weighted by Gasteiger charge is 2.32. The molecule has 5 aromatic rings. The lowest BCUT2D eigenvalue weighted by atomic mass is 10.1. The predicted octanol–water partition coefficient (Wildman–Crippen LogP) is 4.93. The number of amides is 1. The largest absolute Gasteiger partial charge is 0.573 e. The topological polar surface area (TPSA) is 95.7 Å². The normalized spacial score (nSPS) is 11.7. The van der Waals surface area contributed by atoms with E-state index in [1.807, 2.05) is 24.3 Å². The second-order valence-electron chi connectivity index (χ2n) is 7.27. The maximum atomic E-state index is 12.6. The van der Waals surface area contributed by atoms with Crippen molar-refractivity contribution in [3.63, 3.8) is 0 Å². The van der Waals surface area contributed by atoms with E-state index in [0.29, 0.717) is 28.1 Å². The number of rotatable bonds is 5. The van der Waals surface area contributed by atoms with E-state index in [1.165, 1.54) is 18.2 Å². The van der Waals surface area contributed by atoms with E-state index in [2.05, 4.69) is 30.2 Å². The van der Waals surface area contributed by atoms with Crippen LogP contribution in [0.1, 0.15) is 15.9 Å². The second kappa shape index (κ2) is 7.97. The van der Waals surface area contributed by atoms with Gasteiger partial charge in [-0.2, -0.15) is 5.10 Å². The molecule has 3 N–H and O–H groups in total. The summed E-state index contributed by atoms with van der Waals surface area (Å²) >= 11 is 0. The number of alkyl halides is 3. The van der Waals surface area contributed by atoms with Gasteiger partial charge < -0.3 is 15.0 Å². The van der Waals surface area contributed by atoms with Gasteiger partial charge in [0.15, 0.2) is 5.82 Å². The number of carbonyl (C=O) groups is 1. The first-order chi connectivity index (χ1) is 15.9. The molecule has 0 aliphatic heterocycles. The molecule has 2 heterocycles. The van der Waals surface area contributed by atoms with Gasteiger partial charge in [-0.05, 0) is 30.3 Å². The Morgan fingerprint density at radius 3 is 2.64 bits per heavy atom. The lowest BCUT2D eigenvalue weighted by molar-refractivity contribution is -0.274. The summed E-state index contributed by atoms with van der Waals surface area (Å²) in [5.41, 5.74) is 3.36. The molecule has 7 nitrogen and oxygen atoms in total. The van der Waals surface area contributed by atoms with Gasteiger partial charge in [-0.3, -0.25) is 9.89 Å². The molecule has 0 radical (unpaired) electrons. The van der Waals surface area contributed by atoms with Crippen LogP contribution in [0, 0.1) is 0 Å². The van der Waals surface area contributed by atoms with Crippen molar-refractivity contribution in [1.29, 1.82) is 0 Å². The Kier molecular flexibility index (Phi) is 4.97. The Balaban J connectivity index is 1.36. The number of aromatic amines is 2. The van der Waals surface area contributed by atoms with Crippen molar-refractivity contribution >= 4 is 27.8 Å². The van der Waals surface area contributed by atoms with Crippen LogP contribution in [0.2, 0.25) is 0 Å². The van der Waals surface area contributed by atoms with Crippen molar-refractivity contribution in [2.75, 3.05) is 0 Å². The number of halogens is 3. The molecule has 1 amide bonds. The van der Waals surface area contributed by atoms with E-state index in [-0.39, 0.29) is 17.9 Å². The number of fused-ring (bicyclic) bond motifs is 2. The SMILES string of the molecule is O=C(NCc1ccccc1OC(F)(F)F)c1ccc2nc(-c3n[nH]c4ccccc34)[nH]c2c1. The number of carbonyl (C=O) groups excluding carboxylic acids is 1. The number of nitrogens with zero attached hydrogens (tertiary/aromatic N) is 2. The molecular weight excluding hydrogens is 435 g/mol. The van der Waals surface area contributed by atoms with Crippen LogP contribution in [-0.2, 0) is 6.54 Å². The van der Waals surface area contributed by atoms with Gasteiger partial charge in [-0.15, -0.1) is 13.2 Å². The lowest BCUT2D eigenvalue weighted by Gasteiger charge is -2.13. The number of hydrogen-bond acceptors (Lipinski definition) is 4. The Morgan fingerprint density at radius 1 is 1.00 bits per heavy atom. The molecule has 0 atom stereocenters. The minimum absolute atomic E-state index is 0.128. The first-order valence-corrected chi connectivity index (χ1v) is 9.92. The Labute approximate surface area is 184 Å². The highest BCUT2D eigenvalue weighted by Crippen LogP contribution is 2.27. The number of nitrogens with one attached hydrogen (secondary N) is 3. The van der Waals surface area contributed by atoms with Crippen molar-refractivity contribution in [2.45, 2.75) is 12.9 Å². The van der Waals surface area contributed by atoms with E-state index < -0.39 is 12.3 Å². The number of hydrogen-bond donors (Lipinski definition) is 3. The number of aromatic nitrogens is 4. The van der Waals surface area contributed by atoms with Gasteiger partial charge in [0.1, 0.15) is 11.4 Å². The van der Waals surface area contributed by atoms with Crippen molar-refractivity contribution in [3.05, 3.63) is 77.9 Å². The van der Waals surface area contributed by atoms with Crippen LogP contribution in [-0.4, -0.2) is 32.4 Å². The van der Waals surface area contributed by atoms with Crippen LogP contribution in [0.5, 0.6) is 5.75 Å². The van der Waals surface area contributed by atoms with Crippen molar-refractivity contribution < 1.29 is 22.7 Å². The predicted molar refractivity (Wildman–Crippen MR) is 115 cm³/mol. The Hall–Kier alpha value is -4.34. The molecule has 10 heteroatoms. The Bertz CT molecular complexity index is 1470. The van der Waals surface area contributed by atoms with Crippen molar-refractivity contribution in [1.82, 2.24) is 25.5 Å². The number of H-pyrrole nitrogens is 2. The fourth-order valence-corrected chi connectivity index (χ4v) is 3.56. The summed E-state index contributed by atoms with van der Waals surface area (Å²) in [5, 5.41) is 10.8. The van der Waals surface area contributed by atoms with Gasteiger partial charge in [0.25, 0.3) is 5.91 Å². The third-order valence-electron chi connectivity index (χ3n) is 5.08. The number of imidazole rings is 1. The maximum absolute atomic E-state index is 12.6. The van der Waals surface area contributed by atoms with Crippen LogP contribution >= 0.6 is 0 Å². The molecule has 0 aliphatic rings. The molecule has 0 aliphatic carbocycles. The average molecular weight is 451 g/mol. The summed E-state index contributed by atoms with van der Waals surface area (Å²) in [7, 11) is 0. The van der Waals surface area contributed by atoms with Crippen LogP contribution in [0.15, 0.2) is 66.7 Å². The molecule has 3 aromatic carbocycles. The zero-order chi connectivity index (χ0) is 23.0. The summed E-state index contributed by atoms with van der Waals surface area (Å²) in [5.74, 6) is -0.247. The van der Waals surface area contributed by atoms with Gasteiger partial charge in [0.2, 0.25) is 0 Å². The summed E-state index contributed by atoms with van der Waals surface area (Å²) in [4.78, 5) is 20.4. The lowest BCUT2D eigenvalue weighted by Crippen LogP contribution is -2.24. The smallest absolute Gasteiger partial charge is 0.405 e. The molecular formula is C23H16F3N5O2. The summed E-state index contributed by atoms with van der Waals surface area (Å²) in [6.07, 6.45) is -4.82. The van der Waals surface area contributed by atoms with Crippen LogP contribution in [0.3, 0.4) is 0 Å². The van der Waals surface area contributed by atoms with E-state index in [9.17, 15) is 18.0 Å². The molecule has 33 heavy (non-hydrogen) atoms. The van der Waals surface area contributed by atoms with Gasteiger partial charge in [0, 0.05) is 23.1 Å². The first kappa shape index (κ1) is 20.6. The third-order valence-corrected chi connectivity index (χ3v) is 5.08. The number of para-hydroxylation sites is 2. The highest BCUT2D eigenvalue weighted by molar-refractivity contribution is 5.98. The second-order valence-corrected chi connectivity index (χ2v) is 7.27. The summed E-state index contributed by atoms with van der Waals surface area (Å²) in [6.45, 7) is -0.128. The van der Waals surface area contributed by atoms with E-state index in [1.54, 1.807) is 24.3 Å². The monoisotopic (exact) mass is 451 g/mol. The van der Waals surface area contributed by atoms with E-state index in [0.717, 1.165) is 10.9 Å². The molecule has 166 valence electrons. The minimum Gasteiger partial charge on any atom is -0.405 e. The maximum Gasteiger partial charge on any atom is 0.573 e. The first-order valence-electron chi connectivity index (χ1n) is 9.92. The molecule has 0 saturated heterocycles. The minimum atomic E-state index is -4.82. The van der Waals surface area contributed by atoms with Gasteiger partial charge in [0.05, 0.1) is 16.6 Å². The standard InChI is InChI=1S/C23H16F3N5O2/c24-23(25,26)33-19-8-4-1-5-14(19)12-27-22(32)13-9-10-17-18(11-13)29-21(28-17)20-15-6-2-3-7-16(15)30-31-20/h1-11H,12H2,(H,27,32)(H,28,29)(H,30,31). The third kappa shape index (κ3) is 4.22. The van der Waals surface area contributed by atoms with Crippen LogP contribution < -0.4 is 10.1 Å². The molecule has 5 rings (SSSR count). The van der Waals surface area contributed by atoms with Crippen LogP contribution in [0.25, 0.3) is 33.5 Å². The van der Waals surface area contributed by atoms with Crippen LogP contribution in [0.4, 0.5) is 13.2 Å². The molecule has 0 fully saturated rings. The fourth-order valence-electron chi connectivity index (χ4n) is 3.56. The fraction of sp³-hybridized carbons (Fsp3) is 0.0870. The van der Waals surface area contributed by atoms with E-state index in [4.69, 9.17) is 0 Å². The molecule has 0 saturated carbocycles.